The van der Waals surface area contributed by atoms with Gasteiger partial charge in [-0.15, -0.1) is 0 Å². The second-order valence-electron chi connectivity index (χ2n) is 6.40. The molecule has 0 bridgehead atoms. The molecule has 1 atom stereocenters. The molecule has 0 aliphatic carbocycles. The van der Waals surface area contributed by atoms with Crippen molar-refractivity contribution in [2.75, 3.05) is 0 Å². The molecule has 0 saturated carbocycles. The molecule has 1 aromatic heterocycles. The molecule has 25 heavy (non-hydrogen) atoms. The largest absolute Gasteiger partial charge is 0.310 e. The Hall–Kier alpha value is -2.63. The van der Waals surface area contributed by atoms with Gasteiger partial charge in [-0.2, -0.15) is 0 Å². The highest BCUT2D eigenvalue weighted by Gasteiger charge is 2.02. The molecule has 0 radical (unpaired) electrons. The zero-order valence-electron chi connectivity index (χ0n) is 14.7. The molecule has 2 nitrogen and oxygen atoms in total. The maximum absolute atomic E-state index is 4.16. The number of pyridine rings is 1. The van der Waals surface area contributed by atoms with Crippen molar-refractivity contribution in [3.63, 3.8) is 0 Å². The van der Waals surface area contributed by atoms with Gasteiger partial charge in [-0.1, -0.05) is 42.2 Å². The van der Waals surface area contributed by atoms with Crippen LogP contribution in [-0.2, 0) is 6.54 Å². The van der Waals surface area contributed by atoms with Gasteiger partial charge in [0.25, 0.3) is 0 Å². The Balaban J connectivity index is 1.40. The van der Waals surface area contributed by atoms with Crippen LogP contribution in [0.1, 0.15) is 37.3 Å². The van der Waals surface area contributed by atoms with Gasteiger partial charge in [-0.25, -0.2) is 0 Å². The zero-order chi connectivity index (χ0) is 17.3. The van der Waals surface area contributed by atoms with Crippen molar-refractivity contribution in [3.8, 4) is 11.8 Å². The highest BCUT2D eigenvalue weighted by Crippen LogP contribution is 2.14. The van der Waals surface area contributed by atoms with Crippen LogP contribution in [0.15, 0.2) is 67.0 Å². The maximum Gasteiger partial charge on any atom is 0.0346 e. The van der Waals surface area contributed by atoms with Crippen LogP contribution >= 0.6 is 0 Å². The first-order chi connectivity index (χ1) is 12.3. The Morgan fingerprint density at radius 1 is 1.04 bits per heavy atom. The fourth-order valence-electron chi connectivity index (χ4n) is 2.82. The van der Waals surface area contributed by atoms with Crippen molar-refractivity contribution >= 4 is 10.8 Å². The van der Waals surface area contributed by atoms with Gasteiger partial charge in [0.05, 0.1) is 0 Å². The lowest BCUT2D eigenvalue weighted by Crippen LogP contribution is -2.25. The third-order valence-corrected chi connectivity index (χ3v) is 4.31. The zero-order valence-corrected chi connectivity index (χ0v) is 14.7. The summed E-state index contributed by atoms with van der Waals surface area (Å²) in [6.45, 7) is 3.14. The molecule has 0 amide bonds. The van der Waals surface area contributed by atoms with Gasteiger partial charge >= 0.3 is 0 Å². The van der Waals surface area contributed by atoms with Gasteiger partial charge in [0.15, 0.2) is 0 Å². The minimum absolute atomic E-state index is 0.492. The number of aromatic nitrogens is 1. The first kappa shape index (κ1) is 17.2. The smallest absolute Gasteiger partial charge is 0.0346 e. The van der Waals surface area contributed by atoms with E-state index in [1.807, 2.05) is 30.6 Å². The van der Waals surface area contributed by atoms with Gasteiger partial charge in [-0.3, -0.25) is 4.98 Å². The van der Waals surface area contributed by atoms with E-state index in [2.05, 4.69) is 65.5 Å². The van der Waals surface area contributed by atoms with E-state index in [-0.39, 0.29) is 0 Å². The fourth-order valence-corrected chi connectivity index (χ4v) is 2.82. The van der Waals surface area contributed by atoms with Crippen molar-refractivity contribution in [2.24, 2.45) is 0 Å². The third-order valence-electron chi connectivity index (χ3n) is 4.31. The summed E-state index contributed by atoms with van der Waals surface area (Å²) < 4.78 is 0. The highest BCUT2D eigenvalue weighted by molar-refractivity contribution is 5.81. The number of hydrogen-bond acceptors (Lipinski definition) is 2. The molecule has 1 N–H and O–H groups in total. The normalized spacial score (nSPS) is 11.7. The Labute approximate surface area is 150 Å². The van der Waals surface area contributed by atoms with Gasteiger partial charge in [-0.05, 0) is 55.0 Å². The molecule has 2 heteroatoms. The van der Waals surface area contributed by atoms with Crippen LogP contribution in [0.2, 0.25) is 0 Å². The lowest BCUT2D eigenvalue weighted by Gasteiger charge is -2.13. The van der Waals surface area contributed by atoms with Gasteiger partial charge in [0.1, 0.15) is 0 Å². The molecule has 3 aromatic rings. The standard InChI is InChI=1S/C23H24N2/c1-19(8-4-2-5-9-20-10-6-3-7-11-20)25-17-21-12-13-23-18-24-15-14-22(23)16-21/h3,6-7,10-16,18-19,25H,2,4,8,17H2,1H3/t19-/m1/s1. The first-order valence-corrected chi connectivity index (χ1v) is 8.91. The first-order valence-electron chi connectivity index (χ1n) is 8.91. The van der Waals surface area contributed by atoms with Crippen molar-refractivity contribution in [1.82, 2.24) is 10.3 Å². The van der Waals surface area contributed by atoms with E-state index in [4.69, 9.17) is 0 Å². The van der Waals surface area contributed by atoms with Crippen molar-refractivity contribution in [3.05, 3.63) is 78.1 Å². The SMILES string of the molecule is C[C@H](CCCC#Cc1ccccc1)NCc1ccc2cnccc2c1. The molecular weight excluding hydrogens is 304 g/mol. The van der Waals surface area contributed by atoms with E-state index in [0.29, 0.717) is 6.04 Å². The predicted octanol–water partition coefficient (Wildman–Crippen LogP) is 4.93. The van der Waals surface area contributed by atoms with E-state index in [1.165, 1.54) is 16.3 Å². The molecule has 0 saturated heterocycles. The average Bonchev–Trinajstić information content (AvgIpc) is 2.67. The number of benzene rings is 2. The van der Waals surface area contributed by atoms with E-state index < -0.39 is 0 Å². The summed E-state index contributed by atoms with van der Waals surface area (Å²) in [6, 6.07) is 19.3. The van der Waals surface area contributed by atoms with E-state index >= 15 is 0 Å². The molecule has 126 valence electrons. The Morgan fingerprint density at radius 2 is 1.92 bits per heavy atom. The van der Waals surface area contributed by atoms with Crippen LogP contribution in [0, 0.1) is 11.8 Å². The molecule has 0 fully saturated rings. The summed E-state index contributed by atoms with van der Waals surface area (Å²) in [4.78, 5) is 4.16. The number of nitrogens with one attached hydrogen (secondary N) is 1. The molecule has 0 spiro atoms. The van der Waals surface area contributed by atoms with Crippen molar-refractivity contribution in [2.45, 2.75) is 38.8 Å². The van der Waals surface area contributed by atoms with Crippen LogP contribution in [0.3, 0.4) is 0 Å². The molecular formula is C23H24N2. The quantitative estimate of drug-likeness (QED) is 0.512. The molecule has 1 heterocycles. The van der Waals surface area contributed by atoms with Crippen LogP contribution in [0.5, 0.6) is 0 Å². The number of unbranched alkanes of at least 4 members (excludes halogenated alkanes) is 1. The minimum atomic E-state index is 0.492. The number of nitrogens with zero attached hydrogens (tertiary/aromatic N) is 1. The molecule has 2 aromatic carbocycles. The second-order valence-corrected chi connectivity index (χ2v) is 6.40. The third kappa shape index (κ3) is 5.45. The summed E-state index contributed by atoms with van der Waals surface area (Å²) in [6.07, 6.45) is 6.96. The highest BCUT2D eigenvalue weighted by atomic mass is 14.9. The predicted molar refractivity (Wildman–Crippen MR) is 105 cm³/mol. The monoisotopic (exact) mass is 328 g/mol. The van der Waals surface area contributed by atoms with E-state index in [0.717, 1.165) is 31.4 Å². The van der Waals surface area contributed by atoms with Crippen molar-refractivity contribution in [1.29, 1.82) is 0 Å². The minimum Gasteiger partial charge on any atom is -0.310 e. The number of hydrogen-bond donors (Lipinski definition) is 1. The second kappa shape index (κ2) is 9.01. The number of rotatable bonds is 6. The summed E-state index contributed by atoms with van der Waals surface area (Å²) in [5.41, 5.74) is 2.41. The van der Waals surface area contributed by atoms with Crippen LogP contribution < -0.4 is 5.32 Å². The van der Waals surface area contributed by atoms with E-state index in [9.17, 15) is 0 Å². The van der Waals surface area contributed by atoms with Gasteiger partial charge in [0.2, 0.25) is 0 Å². The Morgan fingerprint density at radius 3 is 2.80 bits per heavy atom. The number of fused-ring (bicyclic) bond motifs is 1. The summed E-state index contributed by atoms with van der Waals surface area (Å²) >= 11 is 0. The van der Waals surface area contributed by atoms with Gasteiger partial charge in [0, 0.05) is 42.4 Å². The Bertz CT molecular complexity index is 859. The van der Waals surface area contributed by atoms with Crippen LogP contribution in [0.4, 0.5) is 0 Å². The average molecular weight is 328 g/mol. The molecule has 0 aliphatic heterocycles. The summed E-state index contributed by atoms with van der Waals surface area (Å²) in [7, 11) is 0. The summed E-state index contributed by atoms with van der Waals surface area (Å²) in [5.74, 6) is 6.48. The lowest BCUT2D eigenvalue weighted by atomic mass is 10.1. The molecule has 0 aliphatic rings. The van der Waals surface area contributed by atoms with Crippen molar-refractivity contribution < 1.29 is 0 Å². The lowest BCUT2D eigenvalue weighted by molar-refractivity contribution is 0.501. The molecule has 0 unspecified atom stereocenters. The van der Waals surface area contributed by atoms with Gasteiger partial charge < -0.3 is 5.32 Å². The van der Waals surface area contributed by atoms with E-state index in [1.54, 1.807) is 0 Å². The Kier molecular flexibility index (Phi) is 6.20. The topological polar surface area (TPSA) is 24.9 Å². The fraction of sp³-hybridized carbons (Fsp3) is 0.261. The van der Waals surface area contributed by atoms with Crippen LogP contribution in [0.25, 0.3) is 10.8 Å². The molecule has 3 rings (SSSR count). The maximum atomic E-state index is 4.16. The van der Waals surface area contributed by atoms with Crippen LogP contribution in [-0.4, -0.2) is 11.0 Å². The summed E-state index contributed by atoms with van der Waals surface area (Å²) in [5, 5.41) is 6.05.